The average Bonchev–Trinajstić information content (AvgIpc) is 2.69. The first-order chi connectivity index (χ1) is 8.69. The van der Waals surface area contributed by atoms with Gasteiger partial charge in [0, 0.05) is 37.6 Å². The number of rotatable bonds is 4. The number of likely N-dealkylation sites (N-methyl/N-ethyl adjacent to an activating group) is 1. The molecular weight excluding hydrogens is 244 g/mol. The van der Waals surface area contributed by atoms with E-state index in [9.17, 15) is 0 Å². The van der Waals surface area contributed by atoms with Crippen LogP contribution in [0, 0.1) is 0 Å². The van der Waals surface area contributed by atoms with E-state index in [2.05, 4.69) is 39.5 Å². The van der Waals surface area contributed by atoms with Crippen molar-refractivity contribution in [2.45, 2.75) is 32.5 Å². The van der Waals surface area contributed by atoms with Crippen LogP contribution in [0.15, 0.2) is 5.38 Å². The molecule has 1 fully saturated rings. The third-order valence-electron chi connectivity index (χ3n) is 3.48. The Morgan fingerprint density at radius 3 is 3.11 bits per heavy atom. The molecule has 0 saturated carbocycles. The van der Waals surface area contributed by atoms with Gasteiger partial charge in [-0.05, 0) is 34.0 Å². The summed E-state index contributed by atoms with van der Waals surface area (Å²) in [5.41, 5.74) is 1.22. The van der Waals surface area contributed by atoms with Gasteiger partial charge in [-0.25, -0.2) is 4.98 Å². The first-order valence-corrected chi connectivity index (χ1v) is 7.57. The van der Waals surface area contributed by atoms with Crippen LogP contribution in [-0.2, 0) is 13.1 Å². The van der Waals surface area contributed by atoms with Gasteiger partial charge in [0.05, 0.1) is 5.69 Å². The van der Waals surface area contributed by atoms with Crippen LogP contribution in [0.2, 0.25) is 0 Å². The minimum absolute atomic E-state index is 0.618. The van der Waals surface area contributed by atoms with Gasteiger partial charge in [0.1, 0.15) is 5.01 Å². The summed E-state index contributed by atoms with van der Waals surface area (Å²) in [4.78, 5) is 9.66. The number of aromatic nitrogens is 1. The van der Waals surface area contributed by atoms with Gasteiger partial charge in [-0.2, -0.15) is 0 Å². The van der Waals surface area contributed by atoms with E-state index in [-0.39, 0.29) is 0 Å². The van der Waals surface area contributed by atoms with Crippen molar-refractivity contribution in [3.63, 3.8) is 0 Å². The number of hydrogen-bond acceptors (Lipinski definition) is 5. The lowest BCUT2D eigenvalue weighted by molar-refractivity contribution is 0.193. The second-order valence-corrected chi connectivity index (χ2v) is 6.14. The van der Waals surface area contributed by atoms with Crippen LogP contribution in [0.3, 0.4) is 0 Å². The zero-order valence-electron chi connectivity index (χ0n) is 11.6. The van der Waals surface area contributed by atoms with Gasteiger partial charge < -0.3 is 10.2 Å². The Hall–Kier alpha value is -0.490. The van der Waals surface area contributed by atoms with E-state index in [4.69, 9.17) is 0 Å². The topological polar surface area (TPSA) is 31.4 Å². The lowest BCUT2D eigenvalue weighted by Gasteiger charge is -2.27. The molecule has 0 bridgehead atoms. The largest absolute Gasteiger partial charge is 0.314 e. The van der Waals surface area contributed by atoms with Crippen molar-refractivity contribution < 1.29 is 0 Å². The Morgan fingerprint density at radius 2 is 2.33 bits per heavy atom. The normalized spacial score (nSPS) is 23.2. The summed E-state index contributed by atoms with van der Waals surface area (Å²) in [7, 11) is 4.18. The molecule has 0 radical (unpaired) electrons. The van der Waals surface area contributed by atoms with Crippen LogP contribution < -0.4 is 5.32 Å². The van der Waals surface area contributed by atoms with Crippen molar-refractivity contribution in [2.24, 2.45) is 0 Å². The molecular formula is C13H24N4S. The molecule has 1 atom stereocenters. The third-order valence-corrected chi connectivity index (χ3v) is 4.37. The van der Waals surface area contributed by atoms with Gasteiger partial charge in [-0.3, -0.25) is 4.90 Å². The van der Waals surface area contributed by atoms with Crippen molar-refractivity contribution >= 4 is 11.3 Å². The lowest BCUT2D eigenvalue weighted by atomic mass is 10.2. The SMILES string of the molecule is CNCc1nc(CN2CCCN(C)CC2C)cs1. The second kappa shape index (κ2) is 6.61. The molecule has 1 aromatic rings. The van der Waals surface area contributed by atoms with Crippen molar-refractivity contribution in [1.29, 1.82) is 0 Å². The molecule has 2 heterocycles. The first-order valence-electron chi connectivity index (χ1n) is 6.69. The van der Waals surface area contributed by atoms with Gasteiger partial charge >= 0.3 is 0 Å². The Morgan fingerprint density at radius 1 is 1.50 bits per heavy atom. The summed E-state index contributed by atoms with van der Waals surface area (Å²) >= 11 is 1.76. The molecule has 1 saturated heterocycles. The molecule has 1 unspecified atom stereocenters. The van der Waals surface area contributed by atoms with E-state index in [0.717, 1.165) is 19.6 Å². The first kappa shape index (κ1) is 13.9. The minimum atomic E-state index is 0.618. The molecule has 1 aliphatic heterocycles. The maximum absolute atomic E-state index is 4.68. The zero-order chi connectivity index (χ0) is 13.0. The molecule has 4 nitrogen and oxygen atoms in total. The van der Waals surface area contributed by atoms with E-state index in [0.29, 0.717) is 6.04 Å². The number of hydrogen-bond donors (Lipinski definition) is 1. The molecule has 0 spiro atoms. The van der Waals surface area contributed by atoms with Crippen LogP contribution in [0.5, 0.6) is 0 Å². The summed E-state index contributed by atoms with van der Waals surface area (Å²) in [6, 6.07) is 0.618. The van der Waals surface area contributed by atoms with Crippen molar-refractivity contribution in [2.75, 3.05) is 33.7 Å². The van der Waals surface area contributed by atoms with E-state index in [1.165, 1.54) is 30.2 Å². The maximum Gasteiger partial charge on any atom is 0.107 e. The number of nitrogens with zero attached hydrogens (tertiary/aromatic N) is 3. The van der Waals surface area contributed by atoms with E-state index in [1.54, 1.807) is 11.3 Å². The highest BCUT2D eigenvalue weighted by Gasteiger charge is 2.20. The predicted octanol–water partition coefficient (Wildman–Crippen LogP) is 1.39. The molecule has 2 rings (SSSR count). The van der Waals surface area contributed by atoms with Gasteiger partial charge in [0.2, 0.25) is 0 Å². The summed E-state index contributed by atoms with van der Waals surface area (Å²) in [6.45, 7) is 7.75. The molecule has 18 heavy (non-hydrogen) atoms. The summed E-state index contributed by atoms with van der Waals surface area (Å²) < 4.78 is 0. The van der Waals surface area contributed by atoms with E-state index < -0.39 is 0 Å². The highest BCUT2D eigenvalue weighted by atomic mass is 32.1. The molecule has 1 aliphatic rings. The summed E-state index contributed by atoms with van der Waals surface area (Å²) in [5.74, 6) is 0. The Bertz CT molecular complexity index is 366. The highest BCUT2D eigenvalue weighted by Crippen LogP contribution is 2.15. The van der Waals surface area contributed by atoms with Crippen molar-refractivity contribution in [3.05, 3.63) is 16.1 Å². The van der Waals surface area contributed by atoms with E-state index in [1.807, 2.05) is 7.05 Å². The Labute approximate surface area is 114 Å². The minimum Gasteiger partial charge on any atom is -0.314 e. The molecule has 102 valence electrons. The summed E-state index contributed by atoms with van der Waals surface area (Å²) in [5, 5.41) is 6.54. The fraction of sp³-hybridized carbons (Fsp3) is 0.769. The monoisotopic (exact) mass is 268 g/mol. The van der Waals surface area contributed by atoms with Crippen molar-refractivity contribution in [3.8, 4) is 0 Å². The van der Waals surface area contributed by atoms with E-state index >= 15 is 0 Å². The van der Waals surface area contributed by atoms with Gasteiger partial charge in [0.25, 0.3) is 0 Å². The highest BCUT2D eigenvalue weighted by molar-refractivity contribution is 7.09. The smallest absolute Gasteiger partial charge is 0.107 e. The lowest BCUT2D eigenvalue weighted by Crippen LogP contribution is -2.37. The second-order valence-electron chi connectivity index (χ2n) is 5.20. The number of nitrogens with one attached hydrogen (secondary N) is 1. The van der Waals surface area contributed by atoms with Crippen LogP contribution in [0.25, 0.3) is 0 Å². The van der Waals surface area contributed by atoms with Gasteiger partial charge in [-0.15, -0.1) is 11.3 Å². The molecule has 0 amide bonds. The fourth-order valence-corrected chi connectivity index (χ4v) is 3.32. The molecule has 0 aliphatic carbocycles. The molecule has 5 heteroatoms. The quantitative estimate of drug-likeness (QED) is 0.894. The average molecular weight is 268 g/mol. The Balaban J connectivity index is 1.94. The standard InChI is InChI=1S/C13H24N4S/c1-11-8-16(3)5-4-6-17(11)9-12-10-18-13(15-12)7-14-2/h10-11,14H,4-9H2,1-3H3. The van der Waals surface area contributed by atoms with Crippen LogP contribution >= 0.6 is 11.3 Å². The van der Waals surface area contributed by atoms with Crippen LogP contribution in [0.4, 0.5) is 0 Å². The third kappa shape index (κ3) is 3.75. The van der Waals surface area contributed by atoms with Crippen molar-refractivity contribution in [1.82, 2.24) is 20.1 Å². The predicted molar refractivity (Wildman–Crippen MR) is 76.9 cm³/mol. The van der Waals surface area contributed by atoms with Crippen LogP contribution in [-0.4, -0.2) is 54.6 Å². The molecule has 0 aromatic carbocycles. The fourth-order valence-electron chi connectivity index (χ4n) is 2.52. The number of thiazole rings is 1. The summed E-state index contributed by atoms with van der Waals surface area (Å²) in [6.07, 6.45) is 1.26. The van der Waals surface area contributed by atoms with Gasteiger partial charge in [0.15, 0.2) is 0 Å². The van der Waals surface area contributed by atoms with Crippen LogP contribution in [0.1, 0.15) is 24.0 Å². The molecule has 1 aromatic heterocycles. The zero-order valence-corrected chi connectivity index (χ0v) is 12.5. The van der Waals surface area contributed by atoms with Gasteiger partial charge in [-0.1, -0.05) is 0 Å². The molecule has 1 N–H and O–H groups in total. The maximum atomic E-state index is 4.68. The Kier molecular flexibility index (Phi) is 5.12.